The zero-order chi connectivity index (χ0) is 11.8. The fourth-order valence-corrected chi connectivity index (χ4v) is 2.61. The lowest BCUT2D eigenvalue weighted by atomic mass is 10.2. The molecule has 1 atom stereocenters. The van der Waals surface area contributed by atoms with Gasteiger partial charge in [0.15, 0.2) is 10.3 Å². The molecule has 0 saturated carbocycles. The summed E-state index contributed by atoms with van der Waals surface area (Å²) in [7, 11) is -0.491. The Morgan fingerprint density at radius 3 is 2.19 bits per heavy atom. The van der Waals surface area contributed by atoms with Gasteiger partial charge in [0.1, 0.15) is 0 Å². The highest BCUT2D eigenvalue weighted by Gasteiger charge is 2.30. The van der Waals surface area contributed by atoms with Crippen LogP contribution in [0.1, 0.15) is 5.56 Å². The third kappa shape index (κ3) is 2.01. The summed E-state index contributed by atoms with van der Waals surface area (Å²) >= 11 is 0. The quantitative estimate of drug-likeness (QED) is 0.782. The highest BCUT2D eigenvalue weighted by molar-refractivity contribution is 7.41. The van der Waals surface area contributed by atoms with Gasteiger partial charge in [0.25, 0.3) is 0 Å². The highest BCUT2D eigenvalue weighted by Crippen LogP contribution is 2.37. The molecule has 0 saturated heterocycles. The van der Waals surface area contributed by atoms with E-state index in [1.807, 2.05) is 0 Å². The number of alkyl halides is 3. The molecule has 1 aromatic carbocycles. The van der Waals surface area contributed by atoms with E-state index >= 15 is 0 Å². The molecule has 1 aromatic heterocycles. The van der Waals surface area contributed by atoms with Crippen molar-refractivity contribution in [1.82, 2.24) is 4.98 Å². The summed E-state index contributed by atoms with van der Waals surface area (Å²) in [5, 5.41) is 2.21. The molecule has 2 nitrogen and oxygen atoms in total. The second-order valence-corrected chi connectivity index (χ2v) is 4.95. The average molecular weight is 245 g/mol. The lowest BCUT2D eigenvalue weighted by Gasteiger charge is -2.04. The minimum Gasteiger partial charge on any atom is -0.339 e. The first-order chi connectivity index (χ1) is 7.48. The molecule has 0 radical (unpaired) electrons. The number of thiazole rings is 1. The first-order valence-corrected chi connectivity index (χ1v) is 5.67. The number of rotatable bonds is 1. The van der Waals surface area contributed by atoms with E-state index in [9.17, 15) is 13.2 Å². The standard InChI is InChI=1S/C10H8F3N2S/c11-10(12,13)7-1-3-8(4-2-7)16-6-5-15-9(16)14/h1-6H,(H2,14,15)/q+1. The first-order valence-electron chi connectivity index (χ1n) is 4.39. The maximum atomic E-state index is 12.3. The zero-order valence-electron chi connectivity index (χ0n) is 8.03. The number of anilines is 1. The van der Waals surface area contributed by atoms with Crippen LogP contribution in [-0.2, 0) is 6.18 Å². The molecule has 0 aliphatic carbocycles. The Balaban J connectivity index is 2.37. The minimum absolute atomic E-state index is 0.430. The summed E-state index contributed by atoms with van der Waals surface area (Å²) in [6, 6.07) is 4.98. The van der Waals surface area contributed by atoms with Crippen LogP contribution in [0.2, 0.25) is 0 Å². The van der Waals surface area contributed by atoms with Crippen LogP contribution < -0.4 is 5.73 Å². The monoisotopic (exact) mass is 245 g/mol. The zero-order valence-corrected chi connectivity index (χ0v) is 8.85. The minimum atomic E-state index is -4.30. The molecule has 16 heavy (non-hydrogen) atoms. The van der Waals surface area contributed by atoms with Gasteiger partial charge < -0.3 is 5.73 Å². The summed E-state index contributed by atoms with van der Waals surface area (Å²) in [5.74, 6) is 0. The van der Waals surface area contributed by atoms with Crippen molar-refractivity contribution in [2.75, 3.05) is 5.73 Å². The molecule has 84 valence electrons. The lowest BCUT2D eigenvalue weighted by Crippen LogP contribution is -2.03. The van der Waals surface area contributed by atoms with Gasteiger partial charge in [-0.1, -0.05) is 0 Å². The highest BCUT2D eigenvalue weighted by atomic mass is 32.2. The molecule has 6 heteroatoms. The number of nitrogen functional groups attached to an aromatic ring is 1. The van der Waals surface area contributed by atoms with Crippen molar-refractivity contribution in [3.8, 4) is 4.90 Å². The molecule has 1 heterocycles. The van der Waals surface area contributed by atoms with E-state index < -0.39 is 22.2 Å². The Hall–Kier alpha value is -1.56. The molecule has 1 unspecified atom stereocenters. The van der Waals surface area contributed by atoms with E-state index in [1.54, 1.807) is 11.6 Å². The molecule has 0 aliphatic heterocycles. The molecular weight excluding hydrogens is 237 g/mol. The van der Waals surface area contributed by atoms with E-state index in [0.717, 1.165) is 17.0 Å². The largest absolute Gasteiger partial charge is 0.416 e. The van der Waals surface area contributed by atoms with Crippen molar-refractivity contribution >= 4 is 15.6 Å². The molecule has 0 aliphatic rings. The van der Waals surface area contributed by atoms with Crippen molar-refractivity contribution in [3.05, 3.63) is 41.4 Å². The van der Waals surface area contributed by atoms with Crippen LogP contribution in [0.25, 0.3) is 4.90 Å². The van der Waals surface area contributed by atoms with E-state index in [2.05, 4.69) is 4.98 Å². The number of hydrogen-bond donors (Lipinski definition) is 1. The van der Waals surface area contributed by atoms with Gasteiger partial charge in [-0.2, -0.15) is 18.2 Å². The first kappa shape index (κ1) is 10.9. The van der Waals surface area contributed by atoms with Crippen molar-refractivity contribution in [2.24, 2.45) is 0 Å². The third-order valence-electron chi connectivity index (χ3n) is 2.06. The van der Waals surface area contributed by atoms with Crippen molar-refractivity contribution in [3.63, 3.8) is 0 Å². The fraction of sp³-hybridized carbons (Fsp3) is 0.100. The Morgan fingerprint density at radius 2 is 1.75 bits per heavy atom. The molecule has 0 amide bonds. The molecule has 2 N–H and O–H groups in total. The van der Waals surface area contributed by atoms with Gasteiger partial charge in [0.05, 0.1) is 22.2 Å². The van der Waals surface area contributed by atoms with Gasteiger partial charge >= 0.3 is 11.3 Å². The topological polar surface area (TPSA) is 38.9 Å². The van der Waals surface area contributed by atoms with Crippen LogP contribution in [0.5, 0.6) is 0 Å². The summed E-state index contributed by atoms with van der Waals surface area (Å²) in [4.78, 5) is 4.61. The lowest BCUT2D eigenvalue weighted by molar-refractivity contribution is -0.137. The molecule has 2 aromatic rings. The second kappa shape index (κ2) is 3.79. The number of aromatic nitrogens is 1. The fourth-order valence-electron chi connectivity index (χ4n) is 1.28. The van der Waals surface area contributed by atoms with Crippen LogP contribution in [0.15, 0.2) is 35.8 Å². The summed E-state index contributed by atoms with van der Waals surface area (Å²) in [5.41, 5.74) is 4.96. The summed E-state index contributed by atoms with van der Waals surface area (Å²) < 4.78 is 36.9. The molecule has 0 bridgehead atoms. The van der Waals surface area contributed by atoms with Gasteiger partial charge in [-0.3, -0.25) is 0 Å². The SMILES string of the molecule is Nc1ncc[s+]1-c1ccc(C(F)(F)F)cc1. The Bertz CT molecular complexity index is 488. The normalized spacial score (nSPS) is 12.8. The maximum absolute atomic E-state index is 12.3. The van der Waals surface area contributed by atoms with E-state index in [1.165, 1.54) is 12.1 Å². The van der Waals surface area contributed by atoms with E-state index in [0.29, 0.717) is 5.13 Å². The smallest absolute Gasteiger partial charge is 0.339 e. The number of halogens is 3. The van der Waals surface area contributed by atoms with E-state index in [4.69, 9.17) is 5.73 Å². The van der Waals surface area contributed by atoms with Crippen molar-refractivity contribution in [2.45, 2.75) is 6.18 Å². The van der Waals surface area contributed by atoms with Gasteiger partial charge in [0, 0.05) is 0 Å². The van der Waals surface area contributed by atoms with E-state index in [-0.39, 0.29) is 0 Å². The van der Waals surface area contributed by atoms with Crippen LogP contribution in [0.3, 0.4) is 0 Å². The molecule has 2 rings (SSSR count). The second-order valence-electron chi connectivity index (χ2n) is 3.11. The van der Waals surface area contributed by atoms with Crippen LogP contribution in [-0.4, -0.2) is 4.98 Å². The van der Waals surface area contributed by atoms with Crippen LogP contribution in [0.4, 0.5) is 18.3 Å². The molecule has 0 fully saturated rings. The molecule has 0 spiro atoms. The molecular formula is C10H8F3N2S+. The van der Waals surface area contributed by atoms with Gasteiger partial charge in [-0.15, -0.1) is 0 Å². The Labute approximate surface area is 92.5 Å². The van der Waals surface area contributed by atoms with Gasteiger partial charge in [-0.25, -0.2) is 0 Å². The van der Waals surface area contributed by atoms with Crippen molar-refractivity contribution in [1.29, 1.82) is 0 Å². The van der Waals surface area contributed by atoms with Crippen LogP contribution >= 0.6 is 10.5 Å². The Kier molecular flexibility index (Phi) is 2.59. The summed E-state index contributed by atoms with van der Waals surface area (Å²) in [6.07, 6.45) is -2.73. The average Bonchev–Trinajstić information content (AvgIpc) is 2.63. The Morgan fingerprint density at radius 1 is 1.12 bits per heavy atom. The predicted octanol–water partition coefficient (Wildman–Crippen LogP) is 3.42. The predicted molar refractivity (Wildman–Crippen MR) is 57.5 cm³/mol. The maximum Gasteiger partial charge on any atom is 0.416 e. The van der Waals surface area contributed by atoms with Gasteiger partial charge in [-0.05, 0) is 24.3 Å². The number of benzene rings is 1. The van der Waals surface area contributed by atoms with Gasteiger partial charge in [0.2, 0.25) is 0 Å². The summed E-state index contributed by atoms with van der Waals surface area (Å²) in [6.45, 7) is 0. The number of hydrogen-bond acceptors (Lipinski definition) is 2. The number of nitrogens with two attached hydrogens (primary N) is 1. The number of nitrogens with zero attached hydrogens (tertiary/aromatic N) is 1. The van der Waals surface area contributed by atoms with Crippen molar-refractivity contribution < 1.29 is 13.2 Å². The third-order valence-corrected chi connectivity index (χ3v) is 3.79. The van der Waals surface area contributed by atoms with Crippen LogP contribution in [0, 0.1) is 0 Å².